The molecule has 31 heavy (non-hydrogen) atoms. The topological polar surface area (TPSA) is 74.5 Å². The molecule has 0 N–H and O–H groups in total. The van der Waals surface area contributed by atoms with Crippen LogP contribution in [0.5, 0.6) is 11.6 Å². The zero-order chi connectivity index (χ0) is 21.6. The van der Waals surface area contributed by atoms with Crippen molar-refractivity contribution in [3.63, 3.8) is 0 Å². The summed E-state index contributed by atoms with van der Waals surface area (Å²) in [5, 5.41) is 0.820. The Morgan fingerprint density at radius 1 is 1.06 bits per heavy atom. The van der Waals surface area contributed by atoms with Crippen LogP contribution in [-0.4, -0.2) is 21.7 Å². The number of hydrogen-bond acceptors (Lipinski definition) is 6. The van der Waals surface area contributed by atoms with Crippen molar-refractivity contribution in [2.75, 3.05) is 0 Å². The summed E-state index contributed by atoms with van der Waals surface area (Å²) in [5.41, 5.74) is 1.80. The third kappa shape index (κ3) is 3.74. The smallest absolute Gasteiger partial charge is 0.336 e. The average Bonchev–Trinajstić information content (AvgIpc) is 2.73. The Kier molecular flexibility index (Phi) is 4.46. The first-order chi connectivity index (χ1) is 14.9. The van der Waals surface area contributed by atoms with Crippen LogP contribution in [0.15, 0.2) is 70.1 Å². The highest BCUT2D eigenvalue weighted by atomic mass is 19.1. The largest absolute Gasteiger partial charge is 0.484 e. The summed E-state index contributed by atoms with van der Waals surface area (Å²) in [5.74, 6) is 0.772. The van der Waals surface area contributed by atoms with Crippen molar-refractivity contribution in [2.45, 2.75) is 32.0 Å². The van der Waals surface area contributed by atoms with Crippen LogP contribution in [0.4, 0.5) is 4.39 Å². The summed E-state index contributed by atoms with van der Waals surface area (Å²) >= 11 is 0. The van der Waals surface area contributed by atoms with Crippen molar-refractivity contribution < 1.29 is 18.3 Å². The lowest BCUT2D eigenvalue weighted by atomic mass is 9.90. The van der Waals surface area contributed by atoms with Gasteiger partial charge in [-0.1, -0.05) is 0 Å². The van der Waals surface area contributed by atoms with Gasteiger partial charge >= 0.3 is 5.63 Å². The van der Waals surface area contributed by atoms with Gasteiger partial charge in [-0.3, -0.25) is 0 Å². The molecule has 0 fully saturated rings. The molecular weight excluding hydrogens is 399 g/mol. The second-order valence-corrected chi connectivity index (χ2v) is 8.02. The number of aromatic nitrogens is 2. The Bertz CT molecular complexity index is 1330. The van der Waals surface area contributed by atoms with Crippen molar-refractivity contribution in [1.29, 1.82) is 0 Å². The number of rotatable bonds is 3. The summed E-state index contributed by atoms with van der Waals surface area (Å²) in [6, 6.07) is 14.7. The summed E-state index contributed by atoms with van der Waals surface area (Å²) in [7, 11) is 0. The highest BCUT2D eigenvalue weighted by Crippen LogP contribution is 2.37. The van der Waals surface area contributed by atoms with E-state index in [4.69, 9.17) is 13.9 Å². The van der Waals surface area contributed by atoms with E-state index in [1.165, 1.54) is 24.5 Å². The first-order valence-corrected chi connectivity index (χ1v) is 9.88. The number of fused-ring (bicyclic) bond motifs is 2. The summed E-state index contributed by atoms with van der Waals surface area (Å²) in [6.45, 7) is 3.88. The van der Waals surface area contributed by atoms with Crippen LogP contribution >= 0.6 is 0 Å². The lowest BCUT2D eigenvalue weighted by molar-refractivity contribution is -0.0287. The van der Waals surface area contributed by atoms with Gasteiger partial charge < -0.3 is 13.9 Å². The Hall–Kier alpha value is -3.74. The SMILES string of the molecule is CC1(C)Oc2cc3oc(=O)ccc3cc2CC1Oc1cc(-c2ccc(F)cc2)ncn1. The third-order valence-corrected chi connectivity index (χ3v) is 5.40. The van der Waals surface area contributed by atoms with E-state index >= 15 is 0 Å². The molecule has 1 aliphatic heterocycles. The molecule has 5 rings (SSSR count). The van der Waals surface area contributed by atoms with Crippen molar-refractivity contribution in [1.82, 2.24) is 9.97 Å². The molecule has 0 saturated carbocycles. The van der Waals surface area contributed by atoms with E-state index in [9.17, 15) is 9.18 Å². The summed E-state index contributed by atoms with van der Waals surface area (Å²) in [4.78, 5) is 20.0. The van der Waals surface area contributed by atoms with Gasteiger partial charge in [0.1, 0.15) is 35.2 Å². The van der Waals surface area contributed by atoms with Gasteiger partial charge in [0.05, 0.1) is 5.69 Å². The van der Waals surface area contributed by atoms with E-state index in [0.29, 0.717) is 29.3 Å². The standard InChI is InChI=1S/C24H19FN2O4/c1-24(2)21(10-16-9-15-5-8-23(28)29-19(15)12-20(16)31-24)30-22-11-18(26-13-27-22)14-3-6-17(25)7-4-14/h3-9,11-13,21H,10H2,1-2H3. The normalized spacial score (nSPS) is 17.1. The molecule has 3 heterocycles. The number of halogens is 1. The van der Waals surface area contributed by atoms with Crippen molar-refractivity contribution >= 4 is 11.0 Å². The first kappa shape index (κ1) is 19.2. The minimum absolute atomic E-state index is 0.305. The minimum atomic E-state index is -0.656. The lowest BCUT2D eigenvalue weighted by Crippen LogP contribution is -2.49. The maximum absolute atomic E-state index is 13.2. The van der Waals surface area contributed by atoms with E-state index in [1.54, 1.807) is 30.3 Å². The van der Waals surface area contributed by atoms with Gasteiger partial charge in [-0.15, -0.1) is 0 Å². The molecule has 1 aliphatic rings. The second kappa shape index (κ2) is 7.19. The predicted molar refractivity (Wildman–Crippen MR) is 113 cm³/mol. The molecule has 0 radical (unpaired) electrons. The zero-order valence-corrected chi connectivity index (χ0v) is 17.0. The van der Waals surface area contributed by atoms with Crippen LogP contribution in [0.25, 0.3) is 22.2 Å². The van der Waals surface area contributed by atoms with Gasteiger partial charge in [0.15, 0.2) is 0 Å². The molecule has 4 aromatic rings. The van der Waals surface area contributed by atoms with Gasteiger partial charge in [0, 0.05) is 35.6 Å². The Morgan fingerprint density at radius 3 is 2.68 bits per heavy atom. The minimum Gasteiger partial charge on any atom is -0.484 e. The van der Waals surface area contributed by atoms with Gasteiger partial charge in [0.25, 0.3) is 0 Å². The van der Waals surface area contributed by atoms with Gasteiger partial charge in [0.2, 0.25) is 5.88 Å². The quantitative estimate of drug-likeness (QED) is 0.455. The molecule has 1 unspecified atom stereocenters. The molecule has 0 amide bonds. The lowest BCUT2D eigenvalue weighted by Gasteiger charge is -2.39. The van der Waals surface area contributed by atoms with Gasteiger partial charge in [-0.25, -0.2) is 19.2 Å². The molecule has 0 aliphatic carbocycles. The molecule has 2 aromatic heterocycles. The Labute approximate surface area is 177 Å². The number of nitrogens with zero attached hydrogens (tertiary/aromatic N) is 2. The molecule has 156 valence electrons. The van der Waals surface area contributed by atoms with Crippen LogP contribution in [-0.2, 0) is 6.42 Å². The fourth-order valence-electron chi connectivity index (χ4n) is 3.70. The monoisotopic (exact) mass is 418 g/mol. The van der Waals surface area contributed by atoms with Crippen LogP contribution in [0, 0.1) is 5.82 Å². The average molecular weight is 418 g/mol. The molecule has 2 aromatic carbocycles. The van der Waals surface area contributed by atoms with Crippen molar-refractivity contribution in [3.05, 3.63) is 82.7 Å². The first-order valence-electron chi connectivity index (χ1n) is 9.88. The molecule has 0 spiro atoms. The fourth-order valence-corrected chi connectivity index (χ4v) is 3.70. The highest BCUT2D eigenvalue weighted by molar-refractivity contribution is 5.79. The van der Waals surface area contributed by atoms with Crippen LogP contribution < -0.4 is 15.1 Å². The second-order valence-electron chi connectivity index (χ2n) is 8.02. The molecule has 0 bridgehead atoms. The van der Waals surface area contributed by atoms with Crippen molar-refractivity contribution in [2.24, 2.45) is 0 Å². The van der Waals surface area contributed by atoms with E-state index in [1.807, 2.05) is 19.9 Å². The maximum Gasteiger partial charge on any atom is 0.336 e. The number of hydrogen-bond donors (Lipinski definition) is 0. The number of ether oxygens (including phenoxy) is 2. The van der Waals surface area contributed by atoms with Crippen LogP contribution in [0.2, 0.25) is 0 Å². The maximum atomic E-state index is 13.2. The molecule has 1 atom stereocenters. The fraction of sp³-hybridized carbons (Fsp3) is 0.208. The van der Waals surface area contributed by atoms with Crippen molar-refractivity contribution in [3.8, 4) is 22.9 Å². The summed E-state index contributed by atoms with van der Waals surface area (Å²) in [6.07, 6.45) is 1.70. The van der Waals surface area contributed by atoms with E-state index < -0.39 is 11.2 Å². The zero-order valence-electron chi connectivity index (χ0n) is 17.0. The predicted octanol–water partition coefficient (Wildman–Crippen LogP) is 4.55. The van der Waals surface area contributed by atoms with Crippen LogP contribution in [0.1, 0.15) is 19.4 Å². The van der Waals surface area contributed by atoms with Gasteiger partial charge in [-0.05, 0) is 55.8 Å². The molecule has 7 heteroatoms. The summed E-state index contributed by atoms with van der Waals surface area (Å²) < 4.78 is 30.9. The van der Waals surface area contributed by atoms with E-state index in [0.717, 1.165) is 16.5 Å². The third-order valence-electron chi connectivity index (χ3n) is 5.40. The molecular formula is C24H19FN2O4. The molecule has 0 saturated heterocycles. The van der Waals surface area contributed by atoms with E-state index in [-0.39, 0.29) is 11.9 Å². The van der Waals surface area contributed by atoms with E-state index in [2.05, 4.69) is 9.97 Å². The Balaban J connectivity index is 1.45. The Morgan fingerprint density at radius 2 is 1.87 bits per heavy atom. The number of benzene rings is 2. The van der Waals surface area contributed by atoms with Gasteiger partial charge in [-0.2, -0.15) is 0 Å². The molecule has 6 nitrogen and oxygen atoms in total. The van der Waals surface area contributed by atoms with Crippen LogP contribution in [0.3, 0.4) is 0 Å². The highest BCUT2D eigenvalue weighted by Gasteiger charge is 2.39.